The van der Waals surface area contributed by atoms with Crippen molar-refractivity contribution in [1.29, 1.82) is 0 Å². The molecule has 2 N–H and O–H groups in total. The number of hydrogen-bond acceptors (Lipinski definition) is 4. The van der Waals surface area contributed by atoms with Crippen molar-refractivity contribution in [3.63, 3.8) is 0 Å². The standard InChI is InChI=1S/C22H23N3O3/c1-13-4-7-19(14(2)8-13)28-12-16-6-5-15(9-20(16)27-3)17-10-21(26)24-22-18(17)11-23-25-22/h4-9,11,17H,10,12H2,1-3H3,(H2,23,24,25,26). The summed E-state index contributed by atoms with van der Waals surface area (Å²) >= 11 is 0. The van der Waals surface area contributed by atoms with Gasteiger partial charge in [-0.05, 0) is 37.1 Å². The SMILES string of the molecule is COc1cc(C2CC(=O)Nc3n[nH]cc32)ccc1COc1ccc(C)cc1C. The number of H-pyrrole nitrogens is 1. The van der Waals surface area contributed by atoms with Gasteiger partial charge in [0.25, 0.3) is 0 Å². The van der Waals surface area contributed by atoms with Crippen molar-refractivity contribution >= 4 is 11.7 Å². The summed E-state index contributed by atoms with van der Waals surface area (Å²) in [5.41, 5.74) is 5.28. The number of aromatic nitrogens is 2. The van der Waals surface area contributed by atoms with E-state index < -0.39 is 0 Å². The lowest BCUT2D eigenvalue weighted by Crippen LogP contribution is -2.23. The van der Waals surface area contributed by atoms with E-state index in [0.29, 0.717) is 18.8 Å². The Morgan fingerprint density at radius 1 is 1.14 bits per heavy atom. The largest absolute Gasteiger partial charge is 0.496 e. The Kier molecular flexibility index (Phi) is 4.77. The highest BCUT2D eigenvalue weighted by molar-refractivity contribution is 5.94. The number of amides is 1. The molecule has 1 aliphatic rings. The van der Waals surface area contributed by atoms with Gasteiger partial charge in [-0.3, -0.25) is 9.89 Å². The van der Waals surface area contributed by atoms with E-state index in [2.05, 4.69) is 28.5 Å². The summed E-state index contributed by atoms with van der Waals surface area (Å²) in [4.78, 5) is 12.0. The number of ether oxygens (including phenoxy) is 2. The molecule has 2 heterocycles. The molecule has 0 radical (unpaired) electrons. The van der Waals surface area contributed by atoms with Crippen LogP contribution in [-0.2, 0) is 11.4 Å². The maximum atomic E-state index is 12.0. The van der Waals surface area contributed by atoms with Crippen molar-refractivity contribution < 1.29 is 14.3 Å². The number of nitrogens with one attached hydrogen (secondary N) is 2. The van der Waals surface area contributed by atoms with Crippen molar-refractivity contribution in [3.8, 4) is 11.5 Å². The van der Waals surface area contributed by atoms with Gasteiger partial charge in [0.2, 0.25) is 5.91 Å². The summed E-state index contributed by atoms with van der Waals surface area (Å²) < 4.78 is 11.6. The fourth-order valence-corrected chi connectivity index (χ4v) is 3.65. The Labute approximate surface area is 163 Å². The van der Waals surface area contributed by atoms with E-state index in [-0.39, 0.29) is 11.8 Å². The lowest BCUT2D eigenvalue weighted by Gasteiger charge is -2.23. The number of hydrogen-bond donors (Lipinski definition) is 2. The summed E-state index contributed by atoms with van der Waals surface area (Å²) in [5.74, 6) is 2.13. The van der Waals surface area contributed by atoms with Gasteiger partial charge in [0.05, 0.1) is 7.11 Å². The van der Waals surface area contributed by atoms with Crippen LogP contribution in [0.2, 0.25) is 0 Å². The highest BCUT2D eigenvalue weighted by atomic mass is 16.5. The number of carbonyl (C=O) groups is 1. The molecule has 0 spiro atoms. The second-order valence-corrected chi connectivity index (χ2v) is 7.12. The average Bonchev–Trinajstić information content (AvgIpc) is 3.15. The highest BCUT2D eigenvalue weighted by Crippen LogP contribution is 2.37. The predicted molar refractivity (Wildman–Crippen MR) is 107 cm³/mol. The molecule has 1 amide bonds. The van der Waals surface area contributed by atoms with Gasteiger partial charge < -0.3 is 14.8 Å². The molecule has 6 heteroatoms. The van der Waals surface area contributed by atoms with Crippen LogP contribution in [0, 0.1) is 13.8 Å². The van der Waals surface area contributed by atoms with Gasteiger partial charge in [0, 0.05) is 29.7 Å². The molecule has 6 nitrogen and oxygen atoms in total. The van der Waals surface area contributed by atoms with Crippen LogP contribution >= 0.6 is 0 Å². The lowest BCUT2D eigenvalue weighted by molar-refractivity contribution is -0.116. The third kappa shape index (κ3) is 3.45. The Bertz CT molecular complexity index is 1030. The van der Waals surface area contributed by atoms with Crippen LogP contribution in [-0.4, -0.2) is 23.2 Å². The van der Waals surface area contributed by atoms with Crippen molar-refractivity contribution in [3.05, 3.63) is 70.4 Å². The maximum Gasteiger partial charge on any atom is 0.226 e. The number of fused-ring (bicyclic) bond motifs is 1. The van der Waals surface area contributed by atoms with Crippen molar-refractivity contribution in [2.75, 3.05) is 12.4 Å². The van der Waals surface area contributed by atoms with Gasteiger partial charge in [-0.2, -0.15) is 5.10 Å². The Hall–Kier alpha value is -3.28. The minimum Gasteiger partial charge on any atom is -0.496 e. The molecule has 28 heavy (non-hydrogen) atoms. The maximum absolute atomic E-state index is 12.0. The van der Waals surface area contributed by atoms with Crippen LogP contribution in [0.3, 0.4) is 0 Å². The van der Waals surface area contributed by atoms with Crippen molar-refractivity contribution in [1.82, 2.24) is 10.2 Å². The average molecular weight is 377 g/mol. The number of benzene rings is 2. The number of carbonyl (C=O) groups excluding carboxylic acids is 1. The van der Waals surface area contributed by atoms with Crippen LogP contribution in [0.1, 0.15) is 40.2 Å². The number of rotatable bonds is 5. The molecule has 144 valence electrons. The molecule has 0 aliphatic carbocycles. The molecule has 0 bridgehead atoms. The predicted octanol–water partition coefficient (Wildman–Crippen LogP) is 4.09. The molecule has 2 aromatic carbocycles. The first kappa shape index (κ1) is 18.1. The molecule has 0 saturated heterocycles. The zero-order chi connectivity index (χ0) is 19.7. The molecule has 1 aliphatic heterocycles. The Morgan fingerprint density at radius 3 is 2.79 bits per heavy atom. The topological polar surface area (TPSA) is 76.2 Å². The van der Waals surface area contributed by atoms with Crippen LogP contribution in [0.15, 0.2) is 42.6 Å². The van der Waals surface area contributed by atoms with E-state index in [4.69, 9.17) is 9.47 Å². The monoisotopic (exact) mass is 377 g/mol. The first-order valence-corrected chi connectivity index (χ1v) is 9.25. The van der Waals surface area contributed by atoms with Crippen LogP contribution < -0.4 is 14.8 Å². The smallest absolute Gasteiger partial charge is 0.226 e. The molecular formula is C22H23N3O3. The van der Waals surface area contributed by atoms with Gasteiger partial charge >= 0.3 is 0 Å². The van der Waals surface area contributed by atoms with Crippen molar-refractivity contribution in [2.24, 2.45) is 0 Å². The normalized spacial score (nSPS) is 15.7. The second-order valence-electron chi connectivity index (χ2n) is 7.12. The molecule has 0 saturated carbocycles. The van der Waals surface area contributed by atoms with E-state index in [1.165, 1.54) is 5.56 Å². The van der Waals surface area contributed by atoms with E-state index >= 15 is 0 Å². The number of aryl methyl sites for hydroxylation is 2. The summed E-state index contributed by atoms with van der Waals surface area (Å²) in [5, 5.41) is 9.74. The van der Waals surface area contributed by atoms with Crippen LogP contribution in [0.4, 0.5) is 5.82 Å². The third-order valence-electron chi connectivity index (χ3n) is 5.12. The minimum absolute atomic E-state index is 0.0363. The zero-order valence-corrected chi connectivity index (χ0v) is 16.2. The number of aromatic amines is 1. The molecule has 3 aromatic rings. The Balaban J connectivity index is 1.58. The first-order valence-electron chi connectivity index (χ1n) is 9.25. The lowest BCUT2D eigenvalue weighted by atomic mass is 9.87. The van der Waals surface area contributed by atoms with E-state index in [9.17, 15) is 4.79 Å². The second kappa shape index (κ2) is 7.38. The fourth-order valence-electron chi connectivity index (χ4n) is 3.65. The van der Waals surface area contributed by atoms with E-state index in [1.54, 1.807) is 7.11 Å². The Morgan fingerprint density at radius 2 is 2.00 bits per heavy atom. The van der Waals surface area contributed by atoms with Gasteiger partial charge in [0.15, 0.2) is 5.82 Å². The summed E-state index contributed by atoms with van der Waals surface area (Å²) in [7, 11) is 1.65. The summed E-state index contributed by atoms with van der Waals surface area (Å²) in [6, 6.07) is 12.2. The van der Waals surface area contributed by atoms with Gasteiger partial charge in [0.1, 0.15) is 18.1 Å². The van der Waals surface area contributed by atoms with E-state index in [0.717, 1.165) is 33.8 Å². The molecular weight excluding hydrogens is 354 g/mol. The first-order chi connectivity index (χ1) is 13.5. The number of anilines is 1. The quantitative estimate of drug-likeness (QED) is 0.702. The molecule has 0 fully saturated rings. The zero-order valence-electron chi connectivity index (χ0n) is 16.2. The highest BCUT2D eigenvalue weighted by Gasteiger charge is 2.28. The van der Waals surface area contributed by atoms with Crippen LogP contribution in [0.25, 0.3) is 0 Å². The van der Waals surface area contributed by atoms with Gasteiger partial charge in [-0.15, -0.1) is 0 Å². The minimum atomic E-state index is -0.0503. The summed E-state index contributed by atoms with van der Waals surface area (Å²) in [6.45, 7) is 4.52. The fraction of sp³-hybridized carbons (Fsp3) is 0.273. The van der Waals surface area contributed by atoms with Crippen molar-refractivity contribution in [2.45, 2.75) is 32.8 Å². The van der Waals surface area contributed by atoms with E-state index in [1.807, 2.05) is 43.5 Å². The molecule has 1 aromatic heterocycles. The summed E-state index contributed by atoms with van der Waals surface area (Å²) in [6.07, 6.45) is 2.22. The van der Waals surface area contributed by atoms with Crippen LogP contribution in [0.5, 0.6) is 11.5 Å². The van der Waals surface area contributed by atoms with Gasteiger partial charge in [-0.25, -0.2) is 0 Å². The number of methoxy groups -OCH3 is 1. The molecule has 4 rings (SSSR count). The third-order valence-corrected chi connectivity index (χ3v) is 5.12. The number of nitrogens with zero attached hydrogens (tertiary/aromatic N) is 1. The molecule has 1 unspecified atom stereocenters. The van der Waals surface area contributed by atoms with Gasteiger partial charge in [-0.1, -0.05) is 29.8 Å². The molecule has 1 atom stereocenters.